The Labute approximate surface area is 134 Å². The predicted octanol–water partition coefficient (Wildman–Crippen LogP) is 6.41. The third-order valence-electron chi connectivity index (χ3n) is 2.37. The smallest absolute Gasteiger partial charge is 0.0605 e. The Hall–Kier alpha value is 0.360. The first-order chi connectivity index (χ1) is 7.97. The van der Waals surface area contributed by atoms with Gasteiger partial charge in [0.25, 0.3) is 0 Å². The van der Waals surface area contributed by atoms with Crippen molar-refractivity contribution in [2.45, 2.75) is 2.14 Å². The molecule has 0 saturated heterocycles. The van der Waals surface area contributed by atoms with Crippen LogP contribution in [0.15, 0.2) is 53.0 Å². The van der Waals surface area contributed by atoms with Gasteiger partial charge >= 0.3 is 0 Å². The van der Waals surface area contributed by atoms with E-state index in [-0.39, 0.29) is 2.14 Å². The lowest BCUT2D eigenvalue weighted by Gasteiger charge is -2.13. The van der Waals surface area contributed by atoms with Crippen molar-refractivity contribution in [3.63, 3.8) is 0 Å². The SMILES string of the molecule is Brc1cccc(-c2ccc(C(Br)(Br)Br)cc2)c1. The lowest BCUT2D eigenvalue weighted by molar-refractivity contribution is 1.37. The normalized spacial score (nSPS) is 11.5. The minimum absolute atomic E-state index is 0.344. The second-order valence-corrected chi connectivity index (χ2v) is 11.3. The number of rotatable bonds is 1. The minimum atomic E-state index is -0.344. The summed E-state index contributed by atoms with van der Waals surface area (Å²) in [6.07, 6.45) is 0. The van der Waals surface area contributed by atoms with E-state index in [9.17, 15) is 0 Å². The van der Waals surface area contributed by atoms with Gasteiger partial charge in [0, 0.05) is 4.47 Å². The van der Waals surface area contributed by atoms with Crippen molar-refractivity contribution in [2.24, 2.45) is 0 Å². The molecule has 2 rings (SSSR count). The van der Waals surface area contributed by atoms with Crippen LogP contribution in [0.25, 0.3) is 11.1 Å². The molecule has 88 valence electrons. The van der Waals surface area contributed by atoms with Gasteiger partial charge in [-0.3, -0.25) is 0 Å². The fraction of sp³-hybridized carbons (Fsp3) is 0.0769. The van der Waals surface area contributed by atoms with Gasteiger partial charge in [0.05, 0.1) is 0 Å². The second kappa shape index (κ2) is 5.55. The Balaban J connectivity index is 2.36. The molecule has 0 aliphatic rings. The van der Waals surface area contributed by atoms with E-state index in [4.69, 9.17) is 0 Å². The lowest BCUT2D eigenvalue weighted by atomic mass is 10.0. The molecule has 0 unspecified atom stereocenters. The molecule has 0 aliphatic heterocycles. The van der Waals surface area contributed by atoms with Crippen LogP contribution in [-0.2, 0) is 2.14 Å². The Morgan fingerprint density at radius 2 is 1.41 bits per heavy atom. The van der Waals surface area contributed by atoms with Crippen LogP contribution in [-0.4, -0.2) is 0 Å². The first kappa shape index (κ1) is 13.8. The van der Waals surface area contributed by atoms with Crippen LogP contribution < -0.4 is 0 Å². The molecule has 0 radical (unpaired) electrons. The molecule has 0 aliphatic carbocycles. The first-order valence-corrected chi connectivity index (χ1v) is 8.07. The number of hydrogen-bond acceptors (Lipinski definition) is 0. The maximum absolute atomic E-state index is 3.50. The highest BCUT2D eigenvalue weighted by molar-refractivity contribution is 9.38. The van der Waals surface area contributed by atoms with Crippen LogP contribution in [0.2, 0.25) is 0 Å². The molecule has 17 heavy (non-hydrogen) atoms. The fourth-order valence-corrected chi connectivity index (χ4v) is 2.71. The lowest BCUT2D eigenvalue weighted by Crippen LogP contribution is -1.96. The standard InChI is InChI=1S/C13H8Br4/c14-12-3-1-2-10(8-12)9-4-6-11(7-5-9)13(15,16)17/h1-8H. The van der Waals surface area contributed by atoms with Gasteiger partial charge in [-0.25, -0.2) is 0 Å². The Morgan fingerprint density at radius 3 is 1.94 bits per heavy atom. The van der Waals surface area contributed by atoms with Gasteiger partial charge in [-0.2, -0.15) is 0 Å². The molecule has 0 amide bonds. The molecular weight excluding hydrogens is 476 g/mol. The van der Waals surface area contributed by atoms with E-state index in [0.717, 1.165) is 10.0 Å². The summed E-state index contributed by atoms with van der Waals surface area (Å²) in [5, 5.41) is 0. The third kappa shape index (κ3) is 3.66. The molecule has 0 aromatic heterocycles. The van der Waals surface area contributed by atoms with Crippen LogP contribution in [0.1, 0.15) is 5.56 Å². The van der Waals surface area contributed by atoms with Crippen LogP contribution in [0.4, 0.5) is 0 Å². The van der Waals surface area contributed by atoms with Crippen molar-refractivity contribution in [1.29, 1.82) is 0 Å². The topological polar surface area (TPSA) is 0 Å². The van der Waals surface area contributed by atoms with Gasteiger partial charge in [0.1, 0.15) is 0 Å². The number of hydrogen-bond donors (Lipinski definition) is 0. The van der Waals surface area contributed by atoms with Crippen LogP contribution >= 0.6 is 63.7 Å². The van der Waals surface area contributed by atoms with Crippen molar-refractivity contribution in [3.05, 3.63) is 58.6 Å². The zero-order valence-electron chi connectivity index (χ0n) is 8.63. The summed E-state index contributed by atoms with van der Waals surface area (Å²) in [6, 6.07) is 16.6. The van der Waals surface area contributed by atoms with E-state index in [1.807, 2.05) is 12.1 Å². The van der Waals surface area contributed by atoms with Crippen LogP contribution in [0.5, 0.6) is 0 Å². The van der Waals surface area contributed by atoms with Crippen molar-refractivity contribution in [3.8, 4) is 11.1 Å². The molecule has 0 bridgehead atoms. The maximum Gasteiger partial charge on any atom is 0.159 e. The molecule has 0 spiro atoms. The summed E-state index contributed by atoms with van der Waals surface area (Å²) >= 11 is 14.0. The van der Waals surface area contributed by atoms with Crippen molar-refractivity contribution in [1.82, 2.24) is 0 Å². The minimum Gasteiger partial charge on any atom is -0.0605 e. The van der Waals surface area contributed by atoms with Gasteiger partial charge < -0.3 is 0 Å². The number of benzene rings is 2. The molecular formula is C13H8Br4. The van der Waals surface area contributed by atoms with Crippen molar-refractivity contribution in [2.75, 3.05) is 0 Å². The summed E-state index contributed by atoms with van der Waals surface area (Å²) in [5.41, 5.74) is 3.53. The molecule has 0 atom stereocenters. The molecule has 2 aromatic rings. The highest BCUT2D eigenvalue weighted by atomic mass is 80.0. The Bertz CT molecular complexity index is 512. The molecule has 0 heterocycles. The van der Waals surface area contributed by atoms with E-state index in [0.29, 0.717) is 0 Å². The number of alkyl halides is 3. The maximum atomic E-state index is 3.50. The van der Waals surface area contributed by atoms with Crippen molar-refractivity contribution < 1.29 is 0 Å². The zero-order chi connectivity index (χ0) is 12.5. The molecule has 0 N–H and O–H groups in total. The average Bonchev–Trinajstić information content (AvgIpc) is 2.28. The van der Waals surface area contributed by atoms with Gasteiger partial charge in [0.2, 0.25) is 0 Å². The predicted molar refractivity (Wildman–Crippen MR) is 88.0 cm³/mol. The molecule has 2 aromatic carbocycles. The zero-order valence-corrected chi connectivity index (χ0v) is 15.0. The summed E-state index contributed by atoms with van der Waals surface area (Å²) in [7, 11) is 0. The number of halogens is 4. The average molecular weight is 484 g/mol. The molecule has 4 heteroatoms. The molecule has 0 saturated carbocycles. The molecule has 0 fully saturated rings. The quantitative estimate of drug-likeness (QED) is 0.411. The van der Waals surface area contributed by atoms with Gasteiger partial charge in [-0.05, 0) is 28.8 Å². The second-order valence-electron chi connectivity index (χ2n) is 3.59. The Kier molecular flexibility index (Phi) is 4.50. The summed E-state index contributed by atoms with van der Waals surface area (Å²) < 4.78 is 0.748. The summed E-state index contributed by atoms with van der Waals surface area (Å²) in [5.74, 6) is 0. The van der Waals surface area contributed by atoms with E-state index >= 15 is 0 Å². The van der Waals surface area contributed by atoms with Gasteiger partial charge in [-0.1, -0.05) is 100 Å². The fourth-order valence-electron chi connectivity index (χ4n) is 1.52. The monoisotopic (exact) mass is 480 g/mol. The van der Waals surface area contributed by atoms with E-state index in [2.05, 4.69) is 100 Å². The Morgan fingerprint density at radius 1 is 0.765 bits per heavy atom. The van der Waals surface area contributed by atoms with Gasteiger partial charge in [0.15, 0.2) is 2.14 Å². The van der Waals surface area contributed by atoms with E-state index in [1.54, 1.807) is 0 Å². The largest absolute Gasteiger partial charge is 0.159 e. The van der Waals surface area contributed by atoms with Crippen LogP contribution in [0.3, 0.4) is 0 Å². The van der Waals surface area contributed by atoms with Gasteiger partial charge in [-0.15, -0.1) is 0 Å². The summed E-state index contributed by atoms with van der Waals surface area (Å²) in [4.78, 5) is 0. The molecule has 0 nitrogen and oxygen atoms in total. The highest BCUT2D eigenvalue weighted by Gasteiger charge is 2.20. The van der Waals surface area contributed by atoms with E-state index < -0.39 is 0 Å². The summed E-state index contributed by atoms with van der Waals surface area (Å²) in [6.45, 7) is 0. The third-order valence-corrected chi connectivity index (χ3v) is 4.24. The van der Waals surface area contributed by atoms with Crippen LogP contribution in [0, 0.1) is 0 Å². The first-order valence-electron chi connectivity index (χ1n) is 4.90. The van der Waals surface area contributed by atoms with Crippen molar-refractivity contribution >= 4 is 63.7 Å². The highest BCUT2D eigenvalue weighted by Crippen LogP contribution is 2.44. The van der Waals surface area contributed by atoms with E-state index in [1.165, 1.54) is 11.1 Å².